The number of carbonyl (C=O) groups is 2. The molecule has 206 valence electrons. The van der Waals surface area contributed by atoms with Crippen molar-refractivity contribution in [3.05, 3.63) is 34.4 Å². The van der Waals surface area contributed by atoms with E-state index in [9.17, 15) is 19.7 Å². The van der Waals surface area contributed by atoms with Crippen molar-refractivity contribution in [1.82, 2.24) is 0 Å². The van der Waals surface area contributed by atoms with E-state index in [4.69, 9.17) is 14.6 Å². The lowest BCUT2D eigenvalue weighted by atomic mass is 10.1. The van der Waals surface area contributed by atoms with Gasteiger partial charge in [-0.3, -0.25) is 14.9 Å². The Morgan fingerprint density at radius 1 is 1.09 bits per heavy atom. The van der Waals surface area contributed by atoms with E-state index in [1.807, 2.05) is 13.8 Å². The standard InChI is InChI=1S/C9H7NO5.C6H14.C5H12.C3H6O2.C2H6.CH4O/c11-9(8-5-14-8)15-7-3-1-6(2-4-7)10(12)13;1-4-6(3)5-2;1-4-5(2)3;1-2-5-3-4;2*1-2/h1-4,8H,5H2;6H,4-5H2,1-3H3;5H,4H2,1-3H3;3H,2H2,1H3;1-2H3;2H,1H3/t8-;;;;;/m0...../s1. The van der Waals surface area contributed by atoms with Crippen LogP contribution in [-0.4, -0.2) is 48.9 Å². The molecular weight excluding hydrogens is 454 g/mol. The molecule has 1 saturated heterocycles. The molecule has 1 atom stereocenters. The Morgan fingerprint density at radius 2 is 1.51 bits per heavy atom. The number of aliphatic hydroxyl groups is 1. The number of hydrogen-bond acceptors (Lipinski definition) is 8. The Kier molecular flexibility index (Phi) is 33.5. The highest BCUT2D eigenvalue weighted by atomic mass is 16.6. The molecule has 2 rings (SSSR count). The number of esters is 1. The van der Waals surface area contributed by atoms with Gasteiger partial charge in [-0.2, -0.15) is 0 Å². The van der Waals surface area contributed by atoms with E-state index in [-0.39, 0.29) is 11.4 Å². The van der Waals surface area contributed by atoms with Crippen LogP contribution in [0.25, 0.3) is 0 Å². The first kappa shape index (κ1) is 39.7. The lowest BCUT2D eigenvalue weighted by Gasteiger charge is -2.00. The monoisotopic (exact) mass is 503 g/mol. The summed E-state index contributed by atoms with van der Waals surface area (Å²) in [5.41, 5.74) is -0.0440. The second-order valence-corrected chi connectivity index (χ2v) is 7.27. The van der Waals surface area contributed by atoms with Gasteiger partial charge in [0, 0.05) is 19.2 Å². The second-order valence-electron chi connectivity index (χ2n) is 7.27. The van der Waals surface area contributed by atoms with Crippen LogP contribution in [0.4, 0.5) is 5.69 Å². The molecule has 0 aromatic heterocycles. The largest absolute Gasteiger partial charge is 0.468 e. The van der Waals surface area contributed by atoms with Gasteiger partial charge >= 0.3 is 5.97 Å². The molecule has 9 nitrogen and oxygen atoms in total. The maximum atomic E-state index is 11.1. The molecule has 0 bridgehead atoms. The molecule has 1 aromatic rings. The zero-order chi connectivity index (χ0) is 28.2. The summed E-state index contributed by atoms with van der Waals surface area (Å²) in [6.07, 6.45) is 3.49. The molecule has 1 aromatic carbocycles. The van der Waals surface area contributed by atoms with Gasteiger partial charge in [0.25, 0.3) is 12.2 Å². The average Bonchev–Trinajstić information content (AvgIpc) is 3.74. The number of nitro groups is 1. The number of ether oxygens (including phenoxy) is 3. The van der Waals surface area contributed by atoms with Gasteiger partial charge in [-0.1, -0.05) is 74.7 Å². The van der Waals surface area contributed by atoms with Crippen molar-refractivity contribution in [2.24, 2.45) is 11.8 Å². The molecular formula is C26H49NO8. The minimum atomic E-state index is -0.518. The summed E-state index contributed by atoms with van der Waals surface area (Å²) >= 11 is 0. The van der Waals surface area contributed by atoms with Gasteiger partial charge in [0.05, 0.1) is 18.1 Å². The van der Waals surface area contributed by atoms with Crippen LogP contribution in [0.3, 0.4) is 0 Å². The number of aliphatic hydroxyl groups excluding tert-OH is 1. The summed E-state index contributed by atoms with van der Waals surface area (Å²) in [6, 6.07) is 5.30. The van der Waals surface area contributed by atoms with E-state index in [1.54, 1.807) is 6.92 Å². The van der Waals surface area contributed by atoms with Crippen LogP contribution < -0.4 is 4.74 Å². The quantitative estimate of drug-likeness (QED) is 0.111. The van der Waals surface area contributed by atoms with Crippen LogP contribution in [0.5, 0.6) is 5.75 Å². The van der Waals surface area contributed by atoms with Crippen molar-refractivity contribution in [2.45, 2.75) is 87.7 Å². The molecule has 0 radical (unpaired) electrons. The minimum Gasteiger partial charge on any atom is -0.468 e. The first-order valence-electron chi connectivity index (χ1n) is 12.2. The Balaban J connectivity index is -0.000000201. The smallest absolute Gasteiger partial charge is 0.343 e. The summed E-state index contributed by atoms with van der Waals surface area (Å²) in [4.78, 5) is 30.1. The number of benzene rings is 1. The molecule has 1 fully saturated rings. The summed E-state index contributed by atoms with van der Waals surface area (Å²) in [7, 11) is 1.00. The van der Waals surface area contributed by atoms with Gasteiger partial charge in [0.15, 0.2) is 6.10 Å². The predicted molar refractivity (Wildman–Crippen MR) is 141 cm³/mol. The van der Waals surface area contributed by atoms with Crippen molar-refractivity contribution in [3.8, 4) is 5.75 Å². The molecule has 35 heavy (non-hydrogen) atoms. The summed E-state index contributed by atoms with van der Waals surface area (Å²) in [6.45, 7) is 20.4. The van der Waals surface area contributed by atoms with Gasteiger partial charge < -0.3 is 19.3 Å². The molecule has 1 N–H and O–H groups in total. The summed E-state index contributed by atoms with van der Waals surface area (Å²) in [5.74, 6) is 1.63. The molecule has 1 aliphatic heterocycles. The maximum Gasteiger partial charge on any atom is 0.343 e. The Morgan fingerprint density at radius 3 is 1.71 bits per heavy atom. The van der Waals surface area contributed by atoms with Gasteiger partial charge in [-0.15, -0.1) is 0 Å². The van der Waals surface area contributed by atoms with E-state index in [0.717, 1.165) is 18.9 Å². The SMILES string of the molecule is CC.CCC(C)C.CCC(C)CC.CCOC=O.CO.O=C(Oc1ccc([N+](=O)[O-])cc1)[C@@H]1CO1. The summed E-state index contributed by atoms with van der Waals surface area (Å²) < 4.78 is 13.8. The topological polar surface area (TPSA) is 128 Å². The van der Waals surface area contributed by atoms with Crippen LogP contribution >= 0.6 is 0 Å². The lowest BCUT2D eigenvalue weighted by molar-refractivity contribution is -0.384. The van der Waals surface area contributed by atoms with Crippen molar-refractivity contribution in [3.63, 3.8) is 0 Å². The summed E-state index contributed by atoms with van der Waals surface area (Å²) in [5, 5.41) is 17.3. The number of nitrogens with zero attached hydrogens (tertiary/aromatic N) is 1. The highest BCUT2D eigenvalue weighted by Gasteiger charge is 2.33. The second kappa shape index (κ2) is 29.5. The van der Waals surface area contributed by atoms with Gasteiger partial charge in [0.2, 0.25) is 0 Å². The van der Waals surface area contributed by atoms with Crippen LogP contribution in [-0.2, 0) is 19.1 Å². The van der Waals surface area contributed by atoms with E-state index in [1.165, 1.54) is 43.5 Å². The molecule has 1 heterocycles. The Hall–Kier alpha value is -2.52. The molecule has 0 aliphatic carbocycles. The highest BCUT2D eigenvalue weighted by Crippen LogP contribution is 2.19. The number of hydrogen-bond donors (Lipinski definition) is 1. The maximum absolute atomic E-state index is 11.1. The number of carbonyl (C=O) groups excluding carboxylic acids is 2. The molecule has 0 saturated carbocycles. The van der Waals surface area contributed by atoms with E-state index < -0.39 is 17.0 Å². The van der Waals surface area contributed by atoms with Crippen molar-refractivity contribution < 1.29 is 33.8 Å². The third-order valence-electron chi connectivity index (χ3n) is 4.31. The fraction of sp³-hybridized carbons (Fsp3) is 0.692. The van der Waals surface area contributed by atoms with E-state index >= 15 is 0 Å². The van der Waals surface area contributed by atoms with E-state index in [0.29, 0.717) is 19.7 Å². The molecule has 0 amide bonds. The first-order valence-corrected chi connectivity index (χ1v) is 12.2. The Labute approximate surface area is 212 Å². The molecule has 0 spiro atoms. The van der Waals surface area contributed by atoms with Crippen LogP contribution in [0.2, 0.25) is 0 Å². The van der Waals surface area contributed by atoms with Crippen LogP contribution in [0.15, 0.2) is 24.3 Å². The number of nitro benzene ring substituents is 1. The zero-order valence-corrected chi connectivity index (χ0v) is 23.4. The molecule has 1 aliphatic rings. The van der Waals surface area contributed by atoms with Crippen molar-refractivity contribution >= 4 is 18.1 Å². The fourth-order valence-electron chi connectivity index (χ4n) is 1.36. The molecule has 9 heteroatoms. The first-order chi connectivity index (χ1) is 16.7. The number of rotatable bonds is 8. The highest BCUT2D eigenvalue weighted by molar-refractivity contribution is 5.79. The van der Waals surface area contributed by atoms with Crippen LogP contribution in [0, 0.1) is 22.0 Å². The third kappa shape index (κ3) is 29.4. The van der Waals surface area contributed by atoms with E-state index in [2.05, 4.69) is 46.3 Å². The number of non-ortho nitro benzene ring substituents is 1. The van der Waals surface area contributed by atoms with Gasteiger partial charge in [-0.25, -0.2) is 4.79 Å². The van der Waals surface area contributed by atoms with Crippen molar-refractivity contribution in [1.29, 1.82) is 0 Å². The molecule has 0 unspecified atom stereocenters. The minimum absolute atomic E-state index is 0.0440. The zero-order valence-electron chi connectivity index (χ0n) is 23.4. The van der Waals surface area contributed by atoms with Crippen molar-refractivity contribution in [2.75, 3.05) is 20.3 Å². The normalized spacial score (nSPS) is 12.2. The number of epoxide rings is 1. The van der Waals surface area contributed by atoms with Gasteiger partial charge in [0.1, 0.15) is 5.75 Å². The van der Waals surface area contributed by atoms with Gasteiger partial charge in [-0.05, 0) is 30.9 Å². The predicted octanol–water partition coefficient (Wildman–Crippen LogP) is 6.21. The third-order valence-corrected chi connectivity index (χ3v) is 4.31. The average molecular weight is 504 g/mol. The Bertz CT molecular complexity index is 598. The lowest BCUT2D eigenvalue weighted by Crippen LogP contribution is -2.14. The van der Waals surface area contributed by atoms with Crippen LogP contribution in [0.1, 0.15) is 81.6 Å². The fourth-order valence-corrected chi connectivity index (χ4v) is 1.36.